The predicted molar refractivity (Wildman–Crippen MR) is 127 cm³/mol. The van der Waals surface area contributed by atoms with Gasteiger partial charge in [0, 0.05) is 0 Å². The third kappa shape index (κ3) is 5.86. The molecule has 1 atom stereocenters. The number of hydrogen-bond acceptors (Lipinski definition) is 4. The molecule has 1 unspecified atom stereocenters. The third-order valence-electron chi connectivity index (χ3n) is 5.03. The van der Waals surface area contributed by atoms with Crippen molar-refractivity contribution in [2.75, 3.05) is 0 Å². The number of ether oxygens (including phenoxy) is 1. The Morgan fingerprint density at radius 1 is 0.758 bits per heavy atom. The first kappa shape index (κ1) is 25.3. The normalized spacial score (nSPS) is 12.0. The van der Waals surface area contributed by atoms with Crippen molar-refractivity contribution in [1.29, 1.82) is 0 Å². The maximum absolute atomic E-state index is 12.7. The van der Waals surface area contributed by atoms with Crippen molar-refractivity contribution in [2.45, 2.75) is 37.8 Å². The molecule has 1 amide bonds. The molecule has 0 heterocycles. The lowest BCUT2D eigenvalue weighted by atomic mass is 9.64. The van der Waals surface area contributed by atoms with Crippen molar-refractivity contribution in [3.63, 3.8) is 0 Å². The molecule has 6 nitrogen and oxygen atoms in total. The first-order valence-corrected chi connectivity index (χ1v) is 10.4. The Bertz CT molecular complexity index is 934. The largest absolute Gasteiger partial charge is 0.480 e. The lowest BCUT2D eigenvalue weighted by Gasteiger charge is -2.40. The van der Waals surface area contributed by atoms with E-state index in [-0.39, 0.29) is 0 Å². The highest BCUT2D eigenvalue weighted by Gasteiger charge is 2.49. The van der Waals surface area contributed by atoms with Crippen LogP contribution in [0.1, 0.15) is 37.5 Å². The fourth-order valence-corrected chi connectivity index (χ4v) is 3.88. The number of hydrogen-bond donors (Lipinski definition) is 2. The Morgan fingerprint density at radius 3 is 1.36 bits per heavy atom. The Kier molecular flexibility index (Phi) is 8.51. The number of benzene rings is 3. The summed E-state index contributed by atoms with van der Waals surface area (Å²) in [6, 6.07) is 26.8. The first-order chi connectivity index (χ1) is 15.7. The topological polar surface area (TPSA) is 92.7 Å². The minimum Gasteiger partial charge on any atom is -0.480 e. The van der Waals surface area contributed by atoms with Gasteiger partial charge in [0.2, 0.25) is 0 Å². The van der Waals surface area contributed by atoms with E-state index in [1.807, 2.05) is 97.8 Å². The van der Waals surface area contributed by atoms with E-state index in [2.05, 4.69) is 5.32 Å². The molecule has 0 aliphatic rings. The van der Waals surface area contributed by atoms with Crippen LogP contribution in [0, 0.1) is 0 Å². The van der Waals surface area contributed by atoms with Crippen molar-refractivity contribution in [3.8, 4) is 0 Å². The maximum atomic E-state index is 12.7. The molecular formula is C27H29NO5. The average molecular weight is 448 g/mol. The number of carboxylic acid groups (broad SMARTS) is 1. The number of nitrogens with one attached hydrogen (secondary N) is 1. The second kappa shape index (κ2) is 11.1. The summed E-state index contributed by atoms with van der Waals surface area (Å²) >= 11 is 0. The predicted octanol–water partition coefficient (Wildman–Crippen LogP) is 4.81. The monoisotopic (exact) mass is 447 g/mol. The number of carbonyl (C=O) groups excluding carboxylic acids is 2. The van der Waals surface area contributed by atoms with Crippen LogP contribution in [-0.2, 0) is 19.7 Å². The van der Waals surface area contributed by atoms with Crippen molar-refractivity contribution in [2.24, 2.45) is 0 Å². The van der Waals surface area contributed by atoms with Gasteiger partial charge in [0.15, 0.2) is 0 Å². The Balaban J connectivity index is 0.00000187. The summed E-state index contributed by atoms with van der Waals surface area (Å²) in [5.41, 5.74) is 0.289. The van der Waals surface area contributed by atoms with Gasteiger partial charge in [0.25, 0.3) is 0 Å². The SMILES string of the molecule is C=O.CC(C)(C)OC(=O)NC(C(=O)O)C(c1ccccc1)(c1ccccc1)c1ccccc1. The van der Waals surface area contributed by atoms with Gasteiger partial charge in [-0.2, -0.15) is 0 Å². The molecule has 6 heteroatoms. The number of aliphatic carboxylic acids is 1. The number of alkyl carbamates (subject to hydrolysis) is 1. The van der Waals surface area contributed by atoms with E-state index >= 15 is 0 Å². The summed E-state index contributed by atoms with van der Waals surface area (Å²) in [5, 5.41) is 13.0. The number of rotatable bonds is 6. The van der Waals surface area contributed by atoms with E-state index < -0.39 is 29.1 Å². The summed E-state index contributed by atoms with van der Waals surface area (Å²) in [6.45, 7) is 7.21. The quantitative estimate of drug-likeness (QED) is 0.529. The first-order valence-electron chi connectivity index (χ1n) is 10.4. The highest BCUT2D eigenvalue weighted by Crippen LogP contribution is 2.42. The standard InChI is InChI=1S/C26H27NO4.CH2O/c1-25(2,3)31-24(30)27-22(23(28)29)26(19-13-7-4-8-14-19,20-15-9-5-10-16-20)21-17-11-6-12-18-21;1-2/h4-18,22H,1-3H3,(H,27,30)(H,28,29);1H2. The highest BCUT2D eigenvalue weighted by atomic mass is 16.6. The maximum Gasteiger partial charge on any atom is 0.408 e. The van der Waals surface area contributed by atoms with Gasteiger partial charge in [-0.25, -0.2) is 9.59 Å². The molecular weight excluding hydrogens is 418 g/mol. The molecule has 0 fully saturated rings. The Hall–Kier alpha value is -3.93. The van der Waals surface area contributed by atoms with Crippen LogP contribution in [0.2, 0.25) is 0 Å². The van der Waals surface area contributed by atoms with Crippen LogP contribution in [-0.4, -0.2) is 35.6 Å². The summed E-state index contributed by atoms with van der Waals surface area (Å²) in [7, 11) is 0. The third-order valence-corrected chi connectivity index (χ3v) is 5.03. The van der Waals surface area contributed by atoms with E-state index in [1.165, 1.54) is 0 Å². The van der Waals surface area contributed by atoms with E-state index in [4.69, 9.17) is 9.53 Å². The van der Waals surface area contributed by atoms with E-state index in [1.54, 1.807) is 20.8 Å². The second-order valence-corrected chi connectivity index (χ2v) is 8.32. The summed E-state index contributed by atoms with van der Waals surface area (Å²) in [4.78, 5) is 33.4. The zero-order chi connectivity index (χ0) is 24.5. The molecule has 0 saturated carbocycles. The molecule has 2 N–H and O–H groups in total. The molecule has 0 radical (unpaired) electrons. The smallest absolute Gasteiger partial charge is 0.408 e. The zero-order valence-corrected chi connectivity index (χ0v) is 19.0. The van der Waals surface area contributed by atoms with Gasteiger partial charge >= 0.3 is 12.1 Å². The molecule has 3 rings (SSSR count). The van der Waals surface area contributed by atoms with Gasteiger partial charge in [-0.3, -0.25) is 0 Å². The van der Waals surface area contributed by atoms with Crippen molar-refractivity contribution < 1.29 is 24.2 Å². The fourth-order valence-electron chi connectivity index (χ4n) is 3.88. The van der Waals surface area contributed by atoms with E-state index in [0.29, 0.717) is 0 Å². The molecule has 0 spiro atoms. The molecule has 0 aliphatic heterocycles. The van der Waals surface area contributed by atoms with Crippen molar-refractivity contribution >= 4 is 18.9 Å². The Morgan fingerprint density at radius 2 is 1.09 bits per heavy atom. The van der Waals surface area contributed by atoms with Gasteiger partial charge in [-0.15, -0.1) is 0 Å². The molecule has 172 valence electrons. The lowest BCUT2D eigenvalue weighted by molar-refractivity contribution is -0.140. The van der Waals surface area contributed by atoms with Crippen molar-refractivity contribution in [3.05, 3.63) is 108 Å². The minimum absolute atomic E-state index is 0.746. The van der Waals surface area contributed by atoms with Crippen molar-refractivity contribution in [1.82, 2.24) is 5.32 Å². The molecule has 3 aromatic carbocycles. The highest BCUT2D eigenvalue weighted by molar-refractivity contribution is 5.84. The second-order valence-electron chi connectivity index (χ2n) is 8.32. The molecule has 0 aliphatic carbocycles. The fraction of sp³-hybridized carbons (Fsp3) is 0.222. The molecule has 0 saturated heterocycles. The minimum atomic E-state index is -1.32. The van der Waals surface area contributed by atoms with Gasteiger partial charge in [0.05, 0.1) is 5.41 Å². The van der Waals surface area contributed by atoms with Crippen LogP contribution in [0.5, 0.6) is 0 Å². The molecule has 33 heavy (non-hydrogen) atoms. The van der Waals surface area contributed by atoms with Gasteiger partial charge in [-0.1, -0.05) is 91.0 Å². The van der Waals surface area contributed by atoms with Gasteiger partial charge < -0.3 is 20.0 Å². The van der Waals surface area contributed by atoms with E-state index in [0.717, 1.165) is 16.7 Å². The number of carbonyl (C=O) groups is 3. The van der Waals surface area contributed by atoms with Gasteiger partial charge in [0.1, 0.15) is 18.4 Å². The number of amides is 1. The molecule has 0 bridgehead atoms. The van der Waals surface area contributed by atoms with Crippen LogP contribution in [0.4, 0.5) is 4.79 Å². The van der Waals surface area contributed by atoms with Crippen LogP contribution in [0.3, 0.4) is 0 Å². The summed E-state index contributed by atoms with van der Waals surface area (Å²) in [5.74, 6) is -1.16. The van der Waals surface area contributed by atoms with Crippen LogP contribution in [0.25, 0.3) is 0 Å². The molecule has 0 aromatic heterocycles. The Labute approximate surface area is 194 Å². The zero-order valence-electron chi connectivity index (χ0n) is 19.0. The van der Waals surface area contributed by atoms with Gasteiger partial charge in [-0.05, 0) is 37.5 Å². The van der Waals surface area contributed by atoms with E-state index in [9.17, 15) is 14.7 Å². The van der Waals surface area contributed by atoms with Crippen LogP contribution >= 0.6 is 0 Å². The summed E-state index contributed by atoms with van der Waals surface area (Å²) in [6.07, 6.45) is -0.785. The molecule has 3 aromatic rings. The lowest BCUT2D eigenvalue weighted by Crippen LogP contribution is -2.57. The van der Waals surface area contributed by atoms with Crippen LogP contribution in [0.15, 0.2) is 91.0 Å². The number of carboxylic acids is 1. The van der Waals surface area contributed by atoms with Crippen LogP contribution < -0.4 is 5.32 Å². The summed E-state index contributed by atoms with van der Waals surface area (Å²) < 4.78 is 5.41. The average Bonchev–Trinajstić information content (AvgIpc) is 2.81.